The molecule has 2 N–H and O–H groups in total. The van der Waals surface area contributed by atoms with Gasteiger partial charge in [-0.1, -0.05) is 30.3 Å². The molecule has 1 aliphatic heterocycles. The minimum Gasteiger partial charge on any atom is -0.475 e. The van der Waals surface area contributed by atoms with E-state index < -0.39 is 12.1 Å². The Morgan fingerprint density at radius 3 is 2.31 bits per heavy atom. The van der Waals surface area contributed by atoms with Crippen LogP contribution in [0.15, 0.2) is 73.1 Å². The molecule has 3 aromatic heterocycles. The second-order valence-corrected chi connectivity index (χ2v) is 8.02. The first-order chi connectivity index (χ1) is 17.2. The number of halogens is 3. The van der Waals surface area contributed by atoms with Gasteiger partial charge in [-0.2, -0.15) is 13.2 Å². The van der Waals surface area contributed by atoms with Gasteiger partial charge in [0.15, 0.2) is 0 Å². The number of hydrogen-bond donors (Lipinski definition) is 2. The Morgan fingerprint density at radius 1 is 1.00 bits per heavy atom. The van der Waals surface area contributed by atoms with Gasteiger partial charge >= 0.3 is 12.1 Å². The maximum Gasteiger partial charge on any atom is 0.490 e. The van der Waals surface area contributed by atoms with Gasteiger partial charge in [0.2, 0.25) is 0 Å². The number of carboxylic acid groups (broad SMARTS) is 1. The van der Waals surface area contributed by atoms with E-state index in [1.165, 1.54) is 6.42 Å². The van der Waals surface area contributed by atoms with Gasteiger partial charge in [0, 0.05) is 31.2 Å². The highest BCUT2D eigenvalue weighted by Crippen LogP contribution is 2.22. The standard InChI is InChI=1S/C23H21N5O.C2HF3O2/c29-23(26-19-9-10-21(25-15-19)27-12-5-13-27)20-14-18-8-4-11-24-22(18)28(20)16-17-6-2-1-3-7-17;3-2(4,5)1(6)7/h1-4,6-11,14-15H,5,12-13,16H2,(H,26,29);(H,6,7). The Balaban J connectivity index is 0.000000384. The Bertz CT molecular complexity index is 1350. The number of aliphatic carboxylic acids is 1. The lowest BCUT2D eigenvalue weighted by Gasteiger charge is -2.31. The van der Waals surface area contributed by atoms with Crippen molar-refractivity contribution in [3.8, 4) is 0 Å². The predicted molar refractivity (Wildman–Crippen MR) is 128 cm³/mol. The number of carboxylic acids is 1. The van der Waals surface area contributed by atoms with Crippen LogP contribution in [-0.4, -0.2) is 50.8 Å². The second kappa shape index (κ2) is 10.5. The molecule has 0 saturated carbocycles. The third kappa shape index (κ3) is 5.80. The molecule has 1 aromatic carbocycles. The summed E-state index contributed by atoms with van der Waals surface area (Å²) in [5.74, 6) is -1.97. The summed E-state index contributed by atoms with van der Waals surface area (Å²) < 4.78 is 33.7. The molecule has 1 fully saturated rings. The van der Waals surface area contributed by atoms with Crippen molar-refractivity contribution >= 4 is 34.4 Å². The maximum absolute atomic E-state index is 13.1. The number of aromatic nitrogens is 3. The zero-order valence-corrected chi connectivity index (χ0v) is 18.9. The van der Waals surface area contributed by atoms with E-state index in [1.54, 1.807) is 12.4 Å². The van der Waals surface area contributed by atoms with Crippen LogP contribution in [0.5, 0.6) is 0 Å². The quantitative estimate of drug-likeness (QED) is 0.419. The largest absolute Gasteiger partial charge is 0.490 e. The lowest BCUT2D eigenvalue weighted by atomic mass is 10.2. The Hall–Kier alpha value is -4.41. The van der Waals surface area contributed by atoms with Crippen molar-refractivity contribution in [2.45, 2.75) is 19.1 Å². The molecular formula is C25H22F3N5O3. The van der Waals surface area contributed by atoms with E-state index in [0.717, 1.165) is 35.5 Å². The first-order valence-electron chi connectivity index (χ1n) is 11.0. The second-order valence-electron chi connectivity index (χ2n) is 8.02. The molecule has 0 radical (unpaired) electrons. The van der Waals surface area contributed by atoms with E-state index in [-0.39, 0.29) is 5.91 Å². The van der Waals surface area contributed by atoms with E-state index in [4.69, 9.17) is 9.90 Å². The molecule has 1 amide bonds. The summed E-state index contributed by atoms with van der Waals surface area (Å²) >= 11 is 0. The van der Waals surface area contributed by atoms with Crippen molar-refractivity contribution in [3.05, 3.63) is 84.3 Å². The Kier molecular flexibility index (Phi) is 7.18. The molecule has 4 aromatic rings. The van der Waals surface area contributed by atoms with Crippen LogP contribution in [-0.2, 0) is 11.3 Å². The number of carbonyl (C=O) groups excluding carboxylic acids is 1. The molecule has 5 rings (SSSR count). The van der Waals surface area contributed by atoms with Gasteiger partial charge in [0.05, 0.1) is 11.9 Å². The highest BCUT2D eigenvalue weighted by Gasteiger charge is 2.38. The van der Waals surface area contributed by atoms with Gasteiger partial charge in [0.1, 0.15) is 17.2 Å². The van der Waals surface area contributed by atoms with Crippen LogP contribution >= 0.6 is 0 Å². The molecule has 0 aliphatic carbocycles. The minimum atomic E-state index is -5.08. The average Bonchev–Trinajstić information content (AvgIpc) is 3.18. The van der Waals surface area contributed by atoms with Gasteiger partial charge in [-0.05, 0) is 42.3 Å². The van der Waals surface area contributed by atoms with Crippen molar-refractivity contribution in [2.75, 3.05) is 23.3 Å². The molecule has 11 heteroatoms. The molecule has 1 saturated heterocycles. The average molecular weight is 497 g/mol. The number of carbonyl (C=O) groups is 2. The van der Waals surface area contributed by atoms with Gasteiger partial charge in [0.25, 0.3) is 5.91 Å². The van der Waals surface area contributed by atoms with Crippen LogP contribution in [0, 0.1) is 0 Å². The first-order valence-corrected chi connectivity index (χ1v) is 11.0. The summed E-state index contributed by atoms with van der Waals surface area (Å²) in [4.78, 5) is 33.2. The van der Waals surface area contributed by atoms with Crippen molar-refractivity contribution < 1.29 is 27.9 Å². The number of nitrogens with one attached hydrogen (secondary N) is 1. The number of pyridine rings is 2. The number of amides is 1. The lowest BCUT2D eigenvalue weighted by Crippen LogP contribution is -2.37. The highest BCUT2D eigenvalue weighted by atomic mass is 19.4. The number of fused-ring (bicyclic) bond motifs is 1. The summed E-state index contributed by atoms with van der Waals surface area (Å²) in [6.07, 6.45) is -0.405. The molecule has 0 bridgehead atoms. The van der Waals surface area contributed by atoms with Crippen molar-refractivity contribution in [1.29, 1.82) is 0 Å². The fourth-order valence-electron chi connectivity index (χ4n) is 3.59. The van der Waals surface area contributed by atoms with Crippen LogP contribution in [0.3, 0.4) is 0 Å². The van der Waals surface area contributed by atoms with Crippen LogP contribution in [0.25, 0.3) is 11.0 Å². The first kappa shape index (κ1) is 24.7. The molecule has 0 atom stereocenters. The van der Waals surface area contributed by atoms with E-state index in [1.807, 2.05) is 53.1 Å². The predicted octanol–water partition coefficient (Wildman–Crippen LogP) is 4.58. The third-order valence-corrected chi connectivity index (χ3v) is 5.50. The smallest absolute Gasteiger partial charge is 0.475 e. The van der Waals surface area contributed by atoms with Crippen LogP contribution < -0.4 is 10.2 Å². The molecular weight excluding hydrogens is 475 g/mol. The summed E-state index contributed by atoms with van der Waals surface area (Å²) in [5, 5.41) is 11.0. The maximum atomic E-state index is 13.1. The third-order valence-electron chi connectivity index (χ3n) is 5.50. The van der Waals surface area contributed by atoms with Gasteiger partial charge in [-0.25, -0.2) is 14.8 Å². The fourth-order valence-corrected chi connectivity index (χ4v) is 3.59. The molecule has 4 heterocycles. The van der Waals surface area contributed by atoms with Gasteiger partial charge in [-0.3, -0.25) is 4.79 Å². The van der Waals surface area contributed by atoms with E-state index in [2.05, 4.69) is 32.3 Å². The minimum absolute atomic E-state index is 0.169. The number of alkyl halides is 3. The molecule has 1 aliphatic rings. The number of anilines is 2. The summed E-state index contributed by atoms with van der Waals surface area (Å²) in [6.45, 7) is 2.67. The molecule has 186 valence electrons. The van der Waals surface area contributed by atoms with Crippen molar-refractivity contribution in [2.24, 2.45) is 0 Å². The molecule has 0 unspecified atom stereocenters. The number of benzene rings is 1. The molecule has 0 spiro atoms. The normalized spacial score (nSPS) is 12.9. The fraction of sp³-hybridized carbons (Fsp3) is 0.200. The topological polar surface area (TPSA) is 100 Å². The Labute approximate surface area is 204 Å². The Morgan fingerprint density at radius 2 is 1.72 bits per heavy atom. The van der Waals surface area contributed by atoms with Crippen LogP contribution in [0.2, 0.25) is 0 Å². The van der Waals surface area contributed by atoms with E-state index in [9.17, 15) is 18.0 Å². The molecule has 36 heavy (non-hydrogen) atoms. The number of hydrogen-bond acceptors (Lipinski definition) is 5. The van der Waals surface area contributed by atoms with Crippen molar-refractivity contribution in [3.63, 3.8) is 0 Å². The van der Waals surface area contributed by atoms with Crippen molar-refractivity contribution in [1.82, 2.24) is 14.5 Å². The van der Waals surface area contributed by atoms with E-state index >= 15 is 0 Å². The monoisotopic (exact) mass is 497 g/mol. The highest BCUT2D eigenvalue weighted by molar-refractivity contribution is 6.06. The number of rotatable bonds is 5. The zero-order chi connectivity index (χ0) is 25.7. The summed E-state index contributed by atoms with van der Waals surface area (Å²) in [7, 11) is 0. The van der Waals surface area contributed by atoms with Crippen LogP contribution in [0.4, 0.5) is 24.7 Å². The van der Waals surface area contributed by atoms with E-state index in [0.29, 0.717) is 17.9 Å². The lowest BCUT2D eigenvalue weighted by molar-refractivity contribution is -0.192. The van der Waals surface area contributed by atoms with Crippen LogP contribution in [0.1, 0.15) is 22.5 Å². The van der Waals surface area contributed by atoms with Gasteiger partial charge < -0.3 is 19.9 Å². The summed E-state index contributed by atoms with van der Waals surface area (Å²) in [5.41, 5.74) is 3.18. The zero-order valence-electron chi connectivity index (χ0n) is 18.9. The molecule has 8 nitrogen and oxygen atoms in total. The summed E-state index contributed by atoms with van der Waals surface area (Å²) in [6, 6.07) is 19.7. The SMILES string of the molecule is O=C(Nc1ccc(N2CCC2)nc1)c1cc2cccnc2n1Cc1ccccc1.O=C(O)C(F)(F)F. The van der Waals surface area contributed by atoms with Gasteiger partial charge in [-0.15, -0.1) is 0 Å². The number of nitrogens with zero attached hydrogens (tertiary/aromatic N) is 4.